The van der Waals surface area contributed by atoms with Crippen molar-refractivity contribution < 1.29 is 18.8 Å². The second kappa shape index (κ2) is 6.87. The number of hydrogen-bond donors (Lipinski definition) is 2. The molecular weight excluding hydrogens is 405 g/mol. The summed E-state index contributed by atoms with van der Waals surface area (Å²) in [6, 6.07) is 9.46. The minimum absolute atomic E-state index is 0.159. The Morgan fingerprint density at radius 1 is 1.31 bits per heavy atom. The first-order chi connectivity index (χ1) is 12.3. The third kappa shape index (κ3) is 3.20. The van der Waals surface area contributed by atoms with Gasteiger partial charge in [-0.3, -0.25) is 4.98 Å². The predicted octanol–water partition coefficient (Wildman–Crippen LogP) is 4.48. The molecule has 0 bridgehead atoms. The van der Waals surface area contributed by atoms with Gasteiger partial charge in [-0.15, -0.1) is 0 Å². The van der Waals surface area contributed by atoms with Gasteiger partial charge in [-0.05, 0) is 48.0 Å². The van der Waals surface area contributed by atoms with Gasteiger partial charge in [0.1, 0.15) is 11.5 Å². The molecule has 1 aromatic carbocycles. The lowest BCUT2D eigenvalue weighted by Gasteiger charge is -2.30. The van der Waals surface area contributed by atoms with Crippen LogP contribution in [0.3, 0.4) is 0 Å². The topological polar surface area (TPSA) is 88.3 Å². The van der Waals surface area contributed by atoms with E-state index in [-0.39, 0.29) is 11.3 Å². The van der Waals surface area contributed by atoms with E-state index >= 15 is 0 Å². The van der Waals surface area contributed by atoms with Crippen molar-refractivity contribution in [3.05, 3.63) is 69.7 Å². The highest BCUT2D eigenvalue weighted by atomic mass is 79.9. The van der Waals surface area contributed by atoms with E-state index in [1.807, 2.05) is 0 Å². The Morgan fingerprint density at radius 3 is 2.65 bits per heavy atom. The molecule has 8 heteroatoms. The molecule has 2 aromatic heterocycles. The maximum absolute atomic E-state index is 14.5. The molecule has 26 heavy (non-hydrogen) atoms. The Hall–Kier alpha value is -2.74. The molecule has 6 nitrogen and oxygen atoms in total. The molecule has 0 aliphatic heterocycles. The molecule has 1 unspecified atom stereocenters. The van der Waals surface area contributed by atoms with Crippen LogP contribution < -0.4 is 5.32 Å². The summed E-state index contributed by atoms with van der Waals surface area (Å²) < 4.78 is 20.7. The molecule has 2 heterocycles. The fraction of sp³-hybridized carbons (Fsp3) is 0.167. The van der Waals surface area contributed by atoms with Gasteiger partial charge in [0.2, 0.25) is 0 Å². The summed E-state index contributed by atoms with van der Waals surface area (Å²) in [6.45, 7) is 3.24. The lowest BCUT2D eigenvalue weighted by Crippen LogP contribution is -2.45. The Kier molecular flexibility index (Phi) is 4.78. The van der Waals surface area contributed by atoms with Gasteiger partial charge in [0.15, 0.2) is 5.76 Å². The zero-order chi connectivity index (χ0) is 18.9. The number of pyridine rings is 1. The van der Waals surface area contributed by atoms with Gasteiger partial charge >= 0.3 is 6.09 Å². The van der Waals surface area contributed by atoms with E-state index in [0.29, 0.717) is 17.0 Å². The number of nitrogens with one attached hydrogen (secondary N) is 1. The third-order valence-corrected chi connectivity index (χ3v) is 4.56. The minimum atomic E-state index is -1.43. The summed E-state index contributed by atoms with van der Waals surface area (Å²) >= 11 is 3.31. The van der Waals surface area contributed by atoms with Crippen molar-refractivity contribution in [1.82, 2.24) is 15.5 Å². The van der Waals surface area contributed by atoms with Crippen LogP contribution in [0, 0.1) is 12.7 Å². The van der Waals surface area contributed by atoms with Crippen molar-refractivity contribution in [2.45, 2.75) is 19.4 Å². The minimum Gasteiger partial charge on any atom is -0.465 e. The predicted molar refractivity (Wildman–Crippen MR) is 96.2 cm³/mol. The molecule has 0 saturated heterocycles. The van der Waals surface area contributed by atoms with Gasteiger partial charge in [0.05, 0.1) is 16.8 Å². The first-order valence-corrected chi connectivity index (χ1v) is 8.47. The highest BCUT2D eigenvalue weighted by Gasteiger charge is 2.40. The van der Waals surface area contributed by atoms with E-state index in [1.54, 1.807) is 38.2 Å². The second-order valence-corrected chi connectivity index (χ2v) is 6.78. The SMILES string of the molecule is Cc1noc(-c2ccc(Br)cn2)c1C(C)(NC(=O)O)c1ccccc1F. The Labute approximate surface area is 157 Å². The molecule has 1 amide bonds. The molecule has 3 aromatic rings. The maximum atomic E-state index is 14.5. The summed E-state index contributed by atoms with van der Waals surface area (Å²) in [5.41, 5.74) is 0.0281. The number of amides is 1. The molecule has 0 spiro atoms. The van der Waals surface area contributed by atoms with Crippen molar-refractivity contribution in [1.29, 1.82) is 0 Å². The molecule has 0 aliphatic carbocycles. The summed E-state index contributed by atoms with van der Waals surface area (Å²) in [4.78, 5) is 15.8. The number of nitrogens with zero attached hydrogens (tertiary/aromatic N) is 2. The fourth-order valence-corrected chi connectivity index (χ4v) is 3.22. The summed E-state index contributed by atoms with van der Waals surface area (Å²) in [5.74, 6) is -0.270. The van der Waals surface area contributed by atoms with E-state index < -0.39 is 17.4 Å². The monoisotopic (exact) mass is 419 g/mol. The van der Waals surface area contributed by atoms with Crippen molar-refractivity contribution in [3.63, 3.8) is 0 Å². The average Bonchev–Trinajstić information content (AvgIpc) is 2.97. The number of benzene rings is 1. The van der Waals surface area contributed by atoms with Crippen LogP contribution in [-0.4, -0.2) is 21.3 Å². The van der Waals surface area contributed by atoms with E-state index in [1.165, 1.54) is 18.2 Å². The smallest absolute Gasteiger partial charge is 0.405 e. The van der Waals surface area contributed by atoms with Gasteiger partial charge in [-0.25, -0.2) is 9.18 Å². The van der Waals surface area contributed by atoms with Crippen LogP contribution in [0.4, 0.5) is 9.18 Å². The Morgan fingerprint density at radius 2 is 2.04 bits per heavy atom. The Bertz CT molecular complexity index is 959. The average molecular weight is 420 g/mol. The van der Waals surface area contributed by atoms with E-state index in [4.69, 9.17) is 4.52 Å². The molecule has 134 valence electrons. The molecule has 0 fully saturated rings. The lowest BCUT2D eigenvalue weighted by atomic mass is 9.82. The number of rotatable bonds is 4. The van der Waals surface area contributed by atoms with Crippen molar-refractivity contribution in [2.75, 3.05) is 0 Å². The molecule has 0 radical (unpaired) electrons. The van der Waals surface area contributed by atoms with Gasteiger partial charge in [0, 0.05) is 16.2 Å². The zero-order valence-electron chi connectivity index (χ0n) is 14.0. The van der Waals surface area contributed by atoms with E-state index in [0.717, 1.165) is 4.47 Å². The molecular formula is C18H15BrFN3O3. The molecule has 1 atom stereocenters. The van der Waals surface area contributed by atoms with E-state index in [9.17, 15) is 14.3 Å². The van der Waals surface area contributed by atoms with Gasteiger partial charge in [0.25, 0.3) is 0 Å². The van der Waals surface area contributed by atoms with Crippen LogP contribution in [0.2, 0.25) is 0 Å². The van der Waals surface area contributed by atoms with Crippen LogP contribution in [-0.2, 0) is 5.54 Å². The first kappa shape index (κ1) is 18.1. The summed E-state index contributed by atoms with van der Waals surface area (Å²) in [5, 5.41) is 15.8. The van der Waals surface area contributed by atoms with Crippen LogP contribution in [0.25, 0.3) is 11.5 Å². The van der Waals surface area contributed by atoms with E-state index in [2.05, 4.69) is 31.4 Å². The third-order valence-electron chi connectivity index (χ3n) is 4.09. The number of carbonyl (C=O) groups is 1. The standard InChI is InChI=1S/C18H15BrFN3O3/c1-10-15(16(26-23-10)14-8-7-11(19)9-21-14)18(2,22-17(24)25)12-5-3-4-6-13(12)20/h3-9,22H,1-2H3,(H,24,25). The largest absolute Gasteiger partial charge is 0.465 e. The zero-order valence-corrected chi connectivity index (χ0v) is 15.5. The van der Waals surface area contributed by atoms with Crippen molar-refractivity contribution in [3.8, 4) is 11.5 Å². The number of halogens is 2. The first-order valence-electron chi connectivity index (χ1n) is 7.67. The molecule has 0 aliphatic rings. The lowest BCUT2D eigenvalue weighted by molar-refractivity contribution is 0.184. The normalized spacial score (nSPS) is 13.2. The summed E-state index contributed by atoms with van der Waals surface area (Å²) in [6.07, 6.45) is 0.285. The van der Waals surface area contributed by atoms with Crippen molar-refractivity contribution in [2.24, 2.45) is 0 Å². The number of aromatic nitrogens is 2. The number of hydrogen-bond acceptors (Lipinski definition) is 4. The van der Waals surface area contributed by atoms with Gasteiger partial charge < -0.3 is 14.9 Å². The second-order valence-electron chi connectivity index (χ2n) is 5.87. The maximum Gasteiger partial charge on any atom is 0.405 e. The summed E-state index contributed by atoms with van der Waals surface area (Å²) in [7, 11) is 0. The Balaban J connectivity index is 2.26. The van der Waals surface area contributed by atoms with Gasteiger partial charge in [-0.2, -0.15) is 0 Å². The fourth-order valence-electron chi connectivity index (χ4n) is 2.99. The van der Waals surface area contributed by atoms with Crippen LogP contribution >= 0.6 is 15.9 Å². The van der Waals surface area contributed by atoms with Crippen molar-refractivity contribution >= 4 is 22.0 Å². The highest BCUT2D eigenvalue weighted by molar-refractivity contribution is 9.10. The van der Waals surface area contributed by atoms with Crippen LogP contribution in [0.15, 0.2) is 51.6 Å². The molecule has 3 rings (SSSR count). The molecule has 0 saturated carbocycles. The quantitative estimate of drug-likeness (QED) is 0.650. The number of carboxylic acid groups (broad SMARTS) is 1. The van der Waals surface area contributed by atoms with Crippen LogP contribution in [0.1, 0.15) is 23.7 Å². The van der Waals surface area contributed by atoms with Gasteiger partial charge in [-0.1, -0.05) is 23.4 Å². The molecule has 2 N–H and O–H groups in total. The number of aryl methyl sites for hydroxylation is 1. The van der Waals surface area contributed by atoms with Crippen LogP contribution in [0.5, 0.6) is 0 Å². The highest BCUT2D eigenvalue weighted by Crippen LogP contribution is 2.39.